The number of hydrogen-bond acceptors (Lipinski definition) is 0. The molecule has 0 heterocycles. The molecule has 3 aromatic rings. The van der Waals surface area contributed by atoms with Crippen molar-refractivity contribution < 1.29 is 25.8 Å². The topological polar surface area (TPSA) is 0 Å². The summed E-state index contributed by atoms with van der Waals surface area (Å²) in [5, 5.41) is 2.90. The van der Waals surface area contributed by atoms with Crippen molar-refractivity contribution in [2.45, 2.75) is 46.5 Å². The fraction of sp³-hybridized carbons (Fsp3) is 0.276. The van der Waals surface area contributed by atoms with Gasteiger partial charge in [0.2, 0.25) is 0 Å². The van der Waals surface area contributed by atoms with E-state index in [9.17, 15) is 0 Å². The zero-order chi connectivity index (χ0) is 15.6. The predicted molar refractivity (Wildman–Crippen MR) is 142 cm³/mol. The summed E-state index contributed by atoms with van der Waals surface area (Å²) in [7, 11) is 0. The Kier molecular flexibility index (Phi) is 26.9. The Hall–Kier alpha value is -0.950. The first-order chi connectivity index (χ1) is 10.7. The molecule has 0 saturated carbocycles. The van der Waals surface area contributed by atoms with E-state index in [4.69, 9.17) is 0 Å². The summed E-state index contributed by atoms with van der Waals surface area (Å²) in [5.74, 6) is 0. The number of hydrogen-bond donors (Lipinski definition) is 0. The standard InChI is InChI=1S/C17H21.C5H5.7CH3.Hf/c1-4-17(5-2)10-14-8-13-7-6-12(3)16(13)9-15(14)11-17;1-2-4-5-3-1;;;;;;;;/h6-9H,4-5,10-11H2,1-3H3;1-5H;7*1H3;/q9*-1;. The van der Waals surface area contributed by atoms with Gasteiger partial charge in [0.05, 0.1) is 0 Å². The van der Waals surface area contributed by atoms with Gasteiger partial charge in [-0.15, -0.1) is 28.5 Å². The molecule has 0 nitrogen and oxygen atoms in total. The van der Waals surface area contributed by atoms with Crippen molar-refractivity contribution in [3.63, 3.8) is 0 Å². The maximum Gasteiger partial charge on any atom is 0 e. The van der Waals surface area contributed by atoms with E-state index in [1.165, 1.54) is 42.0 Å². The first-order valence-electron chi connectivity index (χ1n) is 8.52. The van der Waals surface area contributed by atoms with Crippen LogP contribution < -0.4 is 0 Å². The maximum atomic E-state index is 2.45. The number of fused-ring (bicyclic) bond motifs is 2. The van der Waals surface area contributed by atoms with Gasteiger partial charge in [0.25, 0.3) is 0 Å². The van der Waals surface area contributed by atoms with Crippen LogP contribution in [0.3, 0.4) is 0 Å². The Balaban J connectivity index is -0.0000000997. The fourth-order valence-electron chi connectivity index (χ4n) is 3.76. The Morgan fingerprint density at radius 3 is 1.70 bits per heavy atom. The summed E-state index contributed by atoms with van der Waals surface area (Å²) >= 11 is 0. The van der Waals surface area contributed by atoms with Crippen LogP contribution in [0, 0.1) is 64.3 Å². The minimum Gasteiger partial charge on any atom is -0.358 e. The van der Waals surface area contributed by atoms with E-state index < -0.39 is 0 Å². The largest absolute Gasteiger partial charge is 0.358 e. The Bertz CT molecular complexity index is 710. The predicted octanol–water partition coefficient (Wildman–Crippen LogP) is 9.33. The normalized spacial score (nSPS) is 11.3. The van der Waals surface area contributed by atoms with Crippen LogP contribution in [-0.4, -0.2) is 0 Å². The summed E-state index contributed by atoms with van der Waals surface area (Å²) in [4.78, 5) is 0. The molecule has 1 aliphatic rings. The molecule has 0 fully saturated rings. The van der Waals surface area contributed by atoms with Gasteiger partial charge in [-0.3, -0.25) is 0 Å². The summed E-state index contributed by atoms with van der Waals surface area (Å²) in [6.45, 7) is 6.91. The summed E-state index contributed by atoms with van der Waals surface area (Å²) in [5.41, 5.74) is 5.19. The quantitative estimate of drug-likeness (QED) is 0.212. The fourth-order valence-corrected chi connectivity index (χ4v) is 3.76. The number of rotatable bonds is 2. The van der Waals surface area contributed by atoms with E-state index in [2.05, 4.69) is 45.0 Å². The van der Waals surface area contributed by atoms with Crippen LogP contribution >= 0.6 is 0 Å². The van der Waals surface area contributed by atoms with E-state index in [-0.39, 0.29) is 77.8 Å². The number of aryl methyl sites for hydroxylation is 1. The second-order valence-corrected chi connectivity index (χ2v) is 6.75. The number of benzene rings is 1. The van der Waals surface area contributed by atoms with Gasteiger partial charge in [0.1, 0.15) is 0 Å². The van der Waals surface area contributed by atoms with Gasteiger partial charge in [0.15, 0.2) is 0 Å². The first-order valence-corrected chi connectivity index (χ1v) is 8.52. The summed E-state index contributed by atoms with van der Waals surface area (Å²) in [6.07, 6.45) is 5.19. The van der Waals surface area contributed by atoms with Gasteiger partial charge >= 0.3 is 0 Å². The molecular formula is C29H47Hf-9. The molecule has 0 amide bonds. The molecule has 176 valence electrons. The average Bonchev–Trinajstić information content (AvgIpc) is 3.27. The molecule has 1 heteroatoms. The molecule has 0 bridgehead atoms. The van der Waals surface area contributed by atoms with Crippen LogP contribution in [0.5, 0.6) is 0 Å². The van der Waals surface area contributed by atoms with Gasteiger partial charge in [0, 0.05) is 25.8 Å². The van der Waals surface area contributed by atoms with Crippen LogP contribution in [0.1, 0.15) is 43.4 Å². The third-order valence-electron chi connectivity index (χ3n) is 5.50. The van der Waals surface area contributed by atoms with E-state index in [0.29, 0.717) is 5.41 Å². The minimum atomic E-state index is 0. The molecular weight excluding hydrogens is 527 g/mol. The second-order valence-electron chi connectivity index (χ2n) is 6.75. The summed E-state index contributed by atoms with van der Waals surface area (Å²) in [6, 6.07) is 19.4. The average molecular weight is 574 g/mol. The molecule has 0 atom stereocenters. The zero-order valence-corrected chi connectivity index (χ0v) is 25.1. The molecule has 0 aromatic heterocycles. The van der Waals surface area contributed by atoms with Crippen LogP contribution in [0.4, 0.5) is 0 Å². The Morgan fingerprint density at radius 2 is 1.30 bits per heavy atom. The van der Waals surface area contributed by atoms with E-state index in [1.54, 1.807) is 11.1 Å². The van der Waals surface area contributed by atoms with Crippen molar-refractivity contribution in [1.29, 1.82) is 0 Å². The molecule has 0 aliphatic heterocycles. The van der Waals surface area contributed by atoms with Crippen molar-refractivity contribution >= 4 is 10.8 Å². The Labute approximate surface area is 211 Å². The first kappa shape index (κ1) is 43.0. The van der Waals surface area contributed by atoms with Crippen molar-refractivity contribution in [2.24, 2.45) is 5.41 Å². The van der Waals surface area contributed by atoms with Crippen molar-refractivity contribution in [1.82, 2.24) is 0 Å². The maximum absolute atomic E-state index is 2.45. The van der Waals surface area contributed by atoms with Crippen LogP contribution in [0.25, 0.3) is 10.8 Å². The van der Waals surface area contributed by atoms with Gasteiger partial charge in [-0.25, -0.2) is 12.1 Å². The van der Waals surface area contributed by atoms with Crippen LogP contribution in [-0.2, 0) is 38.7 Å². The second kappa shape index (κ2) is 18.8. The molecule has 0 unspecified atom stereocenters. The van der Waals surface area contributed by atoms with Crippen molar-refractivity contribution in [3.05, 3.63) is 123 Å². The molecule has 0 saturated heterocycles. The molecule has 1 aliphatic carbocycles. The smallest absolute Gasteiger partial charge is 0 e. The molecule has 0 radical (unpaired) electrons. The monoisotopic (exact) mass is 575 g/mol. The SMILES string of the molecule is CCC1(CC)Cc2cc3cc[c-](C)c3cc2C1.[CH3-].[CH3-].[CH3-].[CH3-].[CH3-].[CH3-].[CH3-].[Hf].c1cc[cH-]c1. The van der Waals surface area contributed by atoms with Gasteiger partial charge in [-0.05, 0) is 31.1 Å². The van der Waals surface area contributed by atoms with Gasteiger partial charge in [-0.2, -0.15) is 30.3 Å². The zero-order valence-electron chi connectivity index (χ0n) is 21.5. The minimum absolute atomic E-state index is 0. The van der Waals surface area contributed by atoms with Crippen LogP contribution in [0.2, 0.25) is 0 Å². The van der Waals surface area contributed by atoms with Gasteiger partial charge < -0.3 is 52.0 Å². The van der Waals surface area contributed by atoms with E-state index in [0.717, 1.165) is 0 Å². The van der Waals surface area contributed by atoms with E-state index in [1.807, 2.05) is 30.3 Å². The van der Waals surface area contributed by atoms with E-state index >= 15 is 0 Å². The molecule has 0 N–H and O–H groups in total. The molecule has 30 heavy (non-hydrogen) atoms. The molecule has 3 aromatic carbocycles. The van der Waals surface area contributed by atoms with Crippen molar-refractivity contribution in [2.75, 3.05) is 0 Å². The molecule has 0 spiro atoms. The Morgan fingerprint density at radius 1 is 0.833 bits per heavy atom. The third-order valence-corrected chi connectivity index (χ3v) is 5.50. The third kappa shape index (κ3) is 9.04. The summed E-state index contributed by atoms with van der Waals surface area (Å²) < 4.78 is 0. The molecule has 4 rings (SSSR count). The van der Waals surface area contributed by atoms with Gasteiger partial charge in [-0.1, -0.05) is 31.9 Å². The van der Waals surface area contributed by atoms with Crippen LogP contribution in [0.15, 0.2) is 54.6 Å². The van der Waals surface area contributed by atoms with Crippen molar-refractivity contribution in [3.8, 4) is 0 Å².